The van der Waals surface area contributed by atoms with Crippen molar-refractivity contribution in [3.8, 4) is 0 Å². The Morgan fingerprint density at radius 2 is 1.46 bits per heavy atom. The predicted octanol–water partition coefficient (Wildman–Crippen LogP) is 7.82. The molecule has 1 aliphatic carbocycles. The summed E-state index contributed by atoms with van der Waals surface area (Å²) in [4.78, 5) is 0. The normalized spacial score (nSPS) is 16.6. The fourth-order valence-electron chi connectivity index (χ4n) is 4.50. The van der Waals surface area contributed by atoms with E-state index >= 15 is 0 Å². The minimum absolute atomic E-state index is 0.532. The van der Waals surface area contributed by atoms with Gasteiger partial charge in [0, 0.05) is 23.5 Å². The molecule has 1 aromatic rings. The first kappa shape index (κ1) is 23.1. The Hall–Kier alpha value is -1.18. The molecule has 2 N–H and O–H groups in total. The highest BCUT2D eigenvalue weighted by molar-refractivity contribution is 5.66. The second-order valence-electron chi connectivity index (χ2n) is 10.0. The Morgan fingerprint density at radius 1 is 0.857 bits per heavy atom. The van der Waals surface area contributed by atoms with E-state index in [-0.39, 0.29) is 0 Å². The van der Waals surface area contributed by atoms with Gasteiger partial charge in [-0.25, -0.2) is 0 Å². The van der Waals surface area contributed by atoms with Crippen LogP contribution >= 0.6 is 0 Å². The van der Waals surface area contributed by atoms with Gasteiger partial charge >= 0.3 is 0 Å². The second kappa shape index (κ2) is 11.7. The molecule has 1 saturated carbocycles. The summed E-state index contributed by atoms with van der Waals surface area (Å²) < 4.78 is 0. The first-order valence-corrected chi connectivity index (χ1v) is 12.1. The van der Waals surface area contributed by atoms with Crippen LogP contribution in [-0.2, 0) is 12.8 Å². The molecule has 2 rings (SSSR count). The number of rotatable bonds is 11. The third kappa shape index (κ3) is 7.68. The van der Waals surface area contributed by atoms with E-state index in [1.807, 2.05) is 0 Å². The summed E-state index contributed by atoms with van der Waals surface area (Å²) >= 11 is 0. The minimum atomic E-state index is 0.532. The van der Waals surface area contributed by atoms with Gasteiger partial charge in [0.1, 0.15) is 0 Å². The van der Waals surface area contributed by atoms with Crippen LogP contribution < -0.4 is 10.6 Å². The summed E-state index contributed by atoms with van der Waals surface area (Å²) in [6, 6.07) is 6.15. The summed E-state index contributed by atoms with van der Waals surface area (Å²) in [6.45, 7) is 14.0. The van der Waals surface area contributed by atoms with Gasteiger partial charge in [0.2, 0.25) is 0 Å². The maximum absolute atomic E-state index is 3.95. The van der Waals surface area contributed by atoms with Crippen LogP contribution in [0.5, 0.6) is 0 Å². The van der Waals surface area contributed by atoms with E-state index in [4.69, 9.17) is 0 Å². The van der Waals surface area contributed by atoms with E-state index in [2.05, 4.69) is 64.3 Å². The molecule has 160 valence electrons. The van der Waals surface area contributed by atoms with Crippen molar-refractivity contribution in [1.82, 2.24) is 0 Å². The summed E-state index contributed by atoms with van der Waals surface area (Å²) in [5.74, 6) is 1.36. The molecular weight excluding hydrogens is 340 g/mol. The number of anilines is 2. The van der Waals surface area contributed by atoms with Gasteiger partial charge in [-0.15, -0.1) is 0 Å². The monoisotopic (exact) mass is 386 g/mol. The summed E-state index contributed by atoms with van der Waals surface area (Å²) in [5.41, 5.74) is 5.77. The smallest absolute Gasteiger partial charge is 0.0395 e. The van der Waals surface area contributed by atoms with Gasteiger partial charge in [-0.05, 0) is 68.1 Å². The third-order valence-corrected chi connectivity index (χ3v) is 5.94. The molecule has 2 nitrogen and oxygen atoms in total. The maximum Gasteiger partial charge on any atom is 0.0395 e. The SMILES string of the molecule is CCCCC(C)Nc1cc(NC2CCCCC2)c(CC(C)C)cc1CC(C)C. The highest BCUT2D eigenvalue weighted by Gasteiger charge is 2.18. The third-order valence-electron chi connectivity index (χ3n) is 5.94. The van der Waals surface area contributed by atoms with Gasteiger partial charge in [-0.2, -0.15) is 0 Å². The number of hydrogen-bond donors (Lipinski definition) is 2. The van der Waals surface area contributed by atoms with Gasteiger partial charge in [0.05, 0.1) is 0 Å². The Morgan fingerprint density at radius 3 is 2.04 bits per heavy atom. The van der Waals surface area contributed by atoms with E-state index in [1.165, 1.54) is 73.9 Å². The molecule has 0 heterocycles. The molecular formula is C26H46N2. The van der Waals surface area contributed by atoms with Crippen LogP contribution in [0.25, 0.3) is 0 Å². The molecule has 1 unspecified atom stereocenters. The predicted molar refractivity (Wildman–Crippen MR) is 127 cm³/mol. The highest BCUT2D eigenvalue weighted by Crippen LogP contribution is 2.32. The number of nitrogens with one attached hydrogen (secondary N) is 2. The van der Waals surface area contributed by atoms with Crippen molar-refractivity contribution in [2.45, 2.75) is 118 Å². The Labute approximate surface area is 175 Å². The molecule has 2 heteroatoms. The maximum atomic E-state index is 3.95. The lowest BCUT2D eigenvalue weighted by Gasteiger charge is -2.28. The van der Waals surface area contributed by atoms with Crippen molar-refractivity contribution in [3.05, 3.63) is 23.3 Å². The Bertz CT molecular complexity index is 570. The average Bonchev–Trinajstić information content (AvgIpc) is 2.63. The van der Waals surface area contributed by atoms with Crippen LogP contribution in [0.4, 0.5) is 11.4 Å². The largest absolute Gasteiger partial charge is 0.382 e. The summed E-state index contributed by atoms with van der Waals surface area (Å²) in [7, 11) is 0. The molecule has 0 amide bonds. The molecule has 1 aromatic carbocycles. The van der Waals surface area contributed by atoms with Gasteiger partial charge in [0.25, 0.3) is 0 Å². The quantitative estimate of drug-likeness (QED) is 0.405. The molecule has 0 radical (unpaired) electrons. The lowest BCUT2D eigenvalue weighted by atomic mass is 9.91. The Balaban J connectivity index is 2.31. The topological polar surface area (TPSA) is 24.1 Å². The zero-order valence-corrected chi connectivity index (χ0v) is 19.5. The van der Waals surface area contributed by atoms with Crippen molar-refractivity contribution in [3.63, 3.8) is 0 Å². The van der Waals surface area contributed by atoms with Crippen LogP contribution in [0.15, 0.2) is 12.1 Å². The van der Waals surface area contributed by atoms with E-state index in [9.17, 15) is 0 Å². The highest BCUT2D eigenvalue weighted by atomic mass is 14.9. The standard InChI is InChI=1S/C26H46N2/c1-7-8-12-21(6)27-25-18-26(28-24-13-10-9-11-14-24)23(16-20(4)5)17-22(25)15-19(2)3/h17-21,24,27-28H,7-16H2,1-6H3. The van der Waals surface area contributed by atoms with Crippen molar-refractivity contribution < 1.29 is 0 Å². The first-order valence-electron chi connectivity index (χ1n) is 12.1. The molecule has 0 spiro atoms. The zero-order chi connectivity index (χ0) is 20.5. The molecule has 28 heavy (non-hydrogen) atoms. The molecule has 1 atom stereocenters. The number of hydrogen-bond acceptors (Lipinski definition) is 2. The summed E-state index contributed by atoms with van der Waals surface area (Å²) in [6.07, 6.45) is 12.9. The van der Waals surface area contributed by atoms with E-state index in [0.29, 0.717) is 23.9 Å². The molecule has 0 aromatic heterocycles. The molecule has 0 saturated heterocycles. The van der Waals surface area contributed by atoms with Crippen molar-refractivity contribution >= 4 is 11.4 Å². The lowest BCUT2D eigenvalue weighted by Crippen LogP contribution is -2.24. The molecule has 0 bridgehead atoms. The van der Waals surface area contributed by atoms with Crippen LogP contribution in [0, 0.1) is 11.8 Å². The van der Waals surface area contributed by atoms with Crippen LogP contribution in [-0.4, -0.2) is 12.1 Å². The molecule has 1 fully saturated rings. The fourth-order valence-corrected chi connectivity index (χ4v) is 4.50. The van der Waals surface area contributed by atoms with Gasteiger partial charge < -0.3 is 10.6 Å². The average molecular weight is 387 g/mol. The Kier molecular flexibility index (Phi) is 9.68. The lowest BCUT2D eigenvalue weighted by molar-refractivity contribution is 0.462. The number of unbranched alkanes of at least 4 members (excludes halogenated alkanes) is 1. The van der Waals surface area contributed by atoms with E-state index < -0.39 is 0 Å². The van der Waals surface area contributed by atoms with E-state index in [0.717, 1.165) is 12.8 Å². The fraction of sp³-hybridized carbons (Fsp3) is 0.769. The zero-order valence-electron chi connectivity index (χ0n) is 19.5. The van der Waals surface area contributed by atoms with Gasteiger partial charge in [-0.3, -0.25) is 0 Å². The second-order valence-corrected chi connectivity index (χ2v) is 10.0. The molecule has 1 aliphatic rings. The molecule has 0 aliphatic heterocycles. The number of benzene rings is 1. The first-order chi connectivity index (χ1) is 13.4. The van der Waals surface area contributed by atoms with Crippen LogP contribution in [0.1, 0.15) is 104 Å². The van der Waals surface area contributed by atoms with Crippen LogP contribution in [0.3, 0.4) is 0 Å². The van der Waals surface area contributed by atoms with Crippen molar-refractivity contribution in [2.75, 3.05) is 10.6 Å². The van der Waals surface area contributed by atoms with Crippen molar-refractivity contribution in [2.24, 2.45) is 11.8 Å². The van der Waals surface area contributed by atoms with Gasteiger partial charge in [0.15, 0.2) is 0 Å². The minimum Gasteiger partial charge on any atom is -0.382 e. The van der Waals surface area contributed by atoms with Gasteiger partial charge in [-0.1, -0.05) is 72.8 Å². The van der Waals surface area contributed by atoms with E-state index in [1.54, 1.807) is 0 Å². The van der Waals surface area contributed by atoms with Crippen LogP contribution in [0.2, 0.25) is 0 Å². The van der Waals surface area contributed by atoms with Crippen molar-refractivity contribution in [1.29, 1.82) is 0 Å². The summed E-state index contributed by atoms with van der Waals surface area (Å²) in [5, 5.41) is 7.82.